The second kappa shape index (κ2) is 10.3. The Labute approximate surface area is 189 Å². The summed E-state index contributed by atoms with van der Waals surface area (Å²) in [6, 6.07) is 10.1. The van der Waals surface area contributed by atoms with Crippen LogP contribution in [-0.4, -0.2) is 98.6 Å². The third-order valence-corrected chi connectivity index (χ3v) is 6.71. The molecule has 1 aromatic rings. The maximum Gasteiger partial charge on any atom is 0.246 e. The number of nitrogens with zero attached hydrogens (tertiary/aromatic N) is 3. The first-order chi connectivity index (χ1) is 15.5. The first kappa shape index (κ1) is 22.5. The van der Waals surface area contributed by atoms with Crippen LogP contribution in [0.2, 0.25) is 0 Å². The normalized spacial score (nSPS) is 25.9. The molecule has 1 aromatic carbocycles. The molecule has 3 heterocycles. The lowest BCUT2D eigenvalue weighted by molar-refractivity contribution is -0.132. The molecule has 3 aliphatic rings. The number of amides is 3. The molecule has 2 N–H and O–H groups in total. The van der Waals surface area contributed by atoms with Crippen LogP contribution < -0.4 is 15.5 Å². The highest BCUT2D eigenvalue weighted by Crippen LogP contribution is 2.26. The van der Waals surface area contributed by atoms with Gasteiger partial charge in [0.1, 0.15) is 6.61 Å². The zero-order valence-electron chi connectivity index (χ0n) is 18.7. The second-order valence-electron chi connectivity index (χ2n) is 8.79. The minimum atomic E-state index is -0.244. The van der Waals surface area contributed by atoms with Crippen molar-refractivity contribution in [1.29, 1.82) is 0 Å². The SMILES string of the molecule is COCC(=O)N[C@@H]1C[C@H]2C(=O)NC[C@@H](CCC(=O)N3CCN(c4ccccc4)CC3)N2C1. The number of fused-ring (bicyclic) bond motifs is 1. The third-order valence-electron chi connectivity index (χ3n) is 6.71. The van der Waals surface area contributed by atoms with E-state index in [4.69, 9.17) is 4.74 Å². The Hall–Kier alpha value is -2.65. The summed E-state index contributed by atoms with van der Waals surface area (Å²) >= 11 is 0. The van der Waals surface area contributed by atoms with E-state index in [9.17, 15) is 14.4 Å². The molecule has 3 amide bonds. The zero-order chi connectivity index (χ0) is 22.5. The zero-order valence-corrected chi connectivity index (χ0v) is 18.7. The summed E-state index contributed by atoms with van der Waals surface area (Å²) in [6.45, 7) is 4.33. The fraction of sp³-hybridized carbons (Fsp3) is 0.609. The molecule has 3 aliphatic heterocycles. The summed E-state index contributed by atoms with van der Waals surface area (Å²) < 4.78 is 4.88. The van der Waals surface area contributed by atoms with Crippen molar-refractivity contribution in [3.8, 4) is 0 Å². The van der Waals surface area contributed by atoms with Crippen molar-refractivity contribution in [3.63, 3.8) is 0 Å². The third kappa shape index (κ3) is 5.21. The lowest BCUT2D eigenvalue weighted by Crippen LogP contribution is -2.58. The Kier molecular flexibility index (Phi) is 7.26. The number of rotatable bonds is 7. The predicted octanol–water partition coefficient (Wildman–Crippen LogP) is -0.181. The van der Waals surface area contributed by atoms with Crippen molar-refractivity contribution >= 4 is 23.4 Å². The van der Waals surface area contributed by atoms with E-state index in [1.807, 2.05) is 23.1 Å². The van der Waals surface area contributed by atoms with E-state index >= 15 is 0 Å². The van der Waals surface area contributed by atoms with E-state index in [0.717, 1.165) is 26.2 Å². The van der Waals surface area contributed by atoms with Crippen LogP contribution in [0.15, 0.2) is 30.3 Å². The Morgan fingerprint density at radius 2 is 1.91 bits per heavy atom. The molecule has 0 aliphatic carbocycles. The van der Waals surface area contributed by atoms with Gasteiger partial charge in [-0.3, -0.25) is 19.3 Å². The van der Waals surface area contributed by atoms with Gasteiger partial charge < -0.3 is 25.2 Å². The molecule has 32 heavy (non-hydrogen) atoms. The van der Waals surface area contributed by atoms with Gasteiger partial charge in [-0.2, -0.15) is 0 Å². The summed E-state index contributed by atoms with van der Waals surface area (Å²) in [7, 11) is 1.49. The summed E-state index contributed by atoms with van der Waals surface area (Å²) in [5.41, 5.74) is 1.20. The van der Waals surface area contributed by atoms with Crippen molar-refractivity contribution in [2.24, 2.45) is 0 Å². The van der Waals surface area contributed by atoms with Crippen LogP contribution in [0.3, 0.4) is 0 Å². The topological polar surface area (TPSA) is 94.2 Å². The van der Waals surface area contributed by atoms with Gasteiger partial charge in [0, 0.05) is 70.6 Å². The summed E-state index contributed by atoms with van der Waals surface area (Å²) in [6.07, 6.45) is 1.76. The maximum absolute atomic E-state index is 12.9. The van der Waals surface area contributed by atoms with Crippen LogP contribution in [-0.2, 0) is 19.1 Å². The van der Waals surface area contributed by atoms with E-state index in [-0.39, 0.29) is 42.5 Å². The van der Waals surface area contributed by atoms with Crippen molar-refractivity contribution in [2.45, 2.75) is 37.4 Å². The first-order valence-electron chi connectivity index (χ1n) is 11.4. The number of nitrogens with one attached hydrogen (secondary N) is 2. The van der Waals surface area contributed by atoms with Crippen molar-refractivity contribution in [2.75, 3.05) is 57.9 Å². The molecule has 0 spiro atoms. The van der Waals surface area contributed by atoms with Gasteiger partial charge in [0.15, 0.2) is 0 Å². The average Bonchev–Trinajstić information content (AvgIpc) is 3.24. The standard InChI is InChI=1S/C23H33N5O4/c1-32-16-21(29)25-17-13-20-23(31)24-14-19(28(20)15-17)7-8-22(30)27-11-9-26(10-12-27)18-5-3-2-4-6-18/h2-6,17,19-20H,7-16H2,1H3,(H,24,31)(H,25,29)/t17-,19-,20+/m1/s1. The number of piperazine rings is 2. The highest BCUT2D eigenvalue weighted by molar-refractivity contribution is 5.84. The van der Waals surface area contributed by atoms with Crippen LogP contribution in [0.25, 0.3) is 0 Å². The number of carbonyl (C=O) groups is 3. The molecule has 0 saturated carbocycles. The molecule has 0 unspecified atom stereocenters. The van der Waals surface area contributed by atoms with Gasteiger partial charge in [-0.05, 0) is 25.0 Å². The van der Waals surface area contributed by atoms with Crippen molar-refractivity contribution < 1.29 is 19.1 Å². The largest absolute Gasteiger partial charge is 0.375 e. The molecule has 0 radical (unpaired) electrons. The van der Waals surface area contributed by atoms with Crippen LogP contribution in [0.4, 0.5) is 5.69 Å². The molecular weight excluding hydrogens is 410 g/mol. The molecule has 0 bridgehead atoms. The van der Waals surface area contributed by atoms with Crippen LogP contribution in [0.5, 0.6) is 0 Å². The molecular formula is C23H33N5O4. The number of methoxy groups -OCH3 is 1. The number of benzene rings is 1. The van der Waals surface area contributed by atoms with Crippen LogP contribution in [0, 0.1) is 0 Å². The van der Waals surface area contributed by atoms with Gasteiger partial charge in [-0.25, -0.2) is 0 Å². The minimum absolute atomic E-state index is 0.00750. The highest BCUT2D eigenvalue weighted by Gasteiger charge is 2.43. The van der Waals surface area contributed by atoms with Gasteiger partial charge in [-0.1, -0.05) is 18.2 Å². The number of para-hydroxylation sites is 1. The number of anilines is 1. The molecule has 3 fully saturated rings. The van der Waals surface area contributed by atoms with Crippen LogP contribution >= 0.6 is 0 Å². The Morgan fingerprint density at radius 1 is 1.16 bits per heavy atom. The second-order valence-corrected chi connectivity index (χ2v) is 8.79. The van der Waals surface area contributed by atoms with Crippen molar-refractivity contribution in [1.82, 2.24) is 20.4 Å². The van der Waals surface area contributed by atoms with Gasteiger partial charge in [0.05, 0.1) is 6.04 Å². The highest BCUT2D eigenvalue weighted by atomic mass is 16.5. The van der Waals surface area contributed by atoms with Gasteiger partial charge in [0.2, 0.25) is 17.7 Å². The number of hydrogen-bond acceptors (Lipinski definition) is 6. The van der Waals surface area contributed by atoms with E-state index in [2.05, 4.69) is 32.6 Å². The van der Waals surface area contributed by atoms with E-state index < -0.39 is 0 Å². The quantitative estimate of drug-likeness (QED) is 0.607. The average molecular weight is 444 g/mol. The monoisotopic (exact) mass is 443 g/mol. The smallest absolute Gasteiger partial charge is 0.246 e. The molecule has 9 heteroatoms. The molecule has 9 nitrogen and oxygen atoms in total. The van der Waals surface area contributed by atoms with E-state index in [1.165, 1.54) is 12.8 Å². The summed E-state index contributed by atoms with van der Waals surface area (Å²) in [4.78, 5) is 43.5. The van der Waals surface area contributed by atoms with Crippen molar-refractivity contribution in [3.05, 3.63) is 30.3 Å². The number of ether oxygens (including phenoxy) is 1. The number of hydrogen-bond donors (Lipinski definition) is 2. The first-order valence-corrected chi connectivity index (χ1v) is 11.4. The van der Waals surface area contributed by atoms with Gasteiger partial charge in [-0.15, -0.1) is 0 Å². The Bertz CT molecular complexity index is 812. The summed E-state index contributed by atoms with van der Waals surface area (Å²) in [5, 5.41) is 5.93. The van der Waals surface area contributed by atoms with Crippen LogP contribution in [0.1, 0.15) is 19.3 Å². The van der Waals surface area contributed by atoms with E-state index in [0.29, 0.717) is 32.4 Å². The lowest BCUT2D eigenvalue weighted by atomic mass is 10.0. The molecule has 4 rings (SSSR count). The molecule has 174 valence electrons. The molecule has 0 aromatic heterocycles. The fourth-order valence-electron chi connectivity index (χ4n) is 5.05. The fourth-order valence-corrected chi connectivity index (χ4v) is 5.05. The lowest BCUT2D eigenvalue weighted by Gasteiger charge is -2.38. The molecule has 3 saturated heterocycles. The van der Waals surface area contributed by atoms with E-state index in [1.54, 1.807) is 0 Å². The predicted molar refractivity (Wildman–Crippen MR) is 120 cm³/mol. The Balaban J connectivity index is 1.25. The summed E-state index contributed by atoms with van der Waals surface area (Å²) in [5.74, 6) is 0.0162. The molecule has 3 atom stereocenters. The Morgan fingerprint density at radius 3 is 2.62 bits per heavy atom. The number of carbonyl (C=O) groups excluding carboxylic acids is 3. The van der Waals surface area contributed by atoms with Gasteiger partial charge in [0.25, 0.3) is 0 Å². The minimum Gasteiger partial charge on any atom is -0.375 e. The maximum atomic E-state index is 12.9. The van der Waals surface area contributed by atoms with Gasteiger partial charge >= 0.3 is 0 Å².